The van der Waals surface area contributed by atoms with E-state index in [1.165, 1.54) is 0 Å². The Kier molecular flexibility index (Phi) is 9.39. The molecule has 8 heteroatoms. The van der Waals surface area contributed by atoms with Crippen LogP contribution in [0.5, 0.6) is 0 Å². The van der Waals surface area contributed by atoms with Crippen molar-refractivity contribution in [3.05, 3.63) is 34.9 Å². The molecule has 0 fully saturated rings. The van der Waals surface area contributed by atoms with E-state index in [-0.39, 0.29) is 18.9 Å². The fraction of sp³-hybridized carbons (Fsp3) is 0.471. The summed E-state index contributed by atoms with van der Waals surface area (Å²) >= 11 is 5.83. The van der Waals surface area contributed by atoms with Crippen LogP contribution in [-0.4, -0.2) is 31.1 Å². The van der Waals surface area contributed by atoms with Gasteiger partial charge in [0, 0.05) is 11.6 Å². The molecule has 1 aromatic carbocycles. The largest absolute Gasteiger partial charge is 0.456 e. The van der Waals surface area contributed by atoms with Gasteiger partial charge in [-0.25, -0.2) is 4.79 Å². The molecule has 0 heterocycles. The summed E-state index contributed by atoms with van der Waals surface area (Å²) in [5.41, 5.74) is 5.80. The maximum atomic E-state index is 11.9. The Hall–Kier alpha value is -2.28. The summed E-state index contributed by atoms with van der Waals surface area (Å²) < 4.78 is 4.95. The van der Waals surface area contributed by atoms with Gasteiger partial charge in [-0.3, -0.25) is 9.59 Å². The molecule has 25 heavy (non-hydrogen) atoms. The fourth-order valence-electron chi connectivity index (χ4n) is 2.14. The first-order valence-corrected chi connectivity index (χ1v) is 8.54. The first kappa shape index (κ1) is 20.8. The van der Waals surface area contributed by atoms with E-state index in [1.807, 2.05) is 0 Å². The topological polar surface area (TPSA) is 111 Å². The third kappa shape index (κ3) is 8.95. The highest BCUT2D eigenvalue weighted by Gasteiger charge is 2.19. The van der Waals surface area contributed by atoms with Crippen molar-refractivity contribution in [2.45, 2.75) is 38.6 Å². The van der Waals surface area contributed by atoms with Crippen molar-refractivity contribution in [1.82, 2.24) is 10.6 Å². The van der Waals surface area contributed by atoms with Gasteiger partial charge >= 0.3 is 12.0 Å². The van der Waals surface area contributed by atoms with Crippen LogP contribution >= 0.6 is 11.6 Å². The lowest BCUT2D eigenvalue weighted by Crippen LogP contribution is -2.35. The van der Waals surface area contributed by atoms with Crippen LogP contribution in [0.1, 0.15) is 44.2 Å². The van der Waals surface area contributed by atoms with Crippen molar-refractivity contribution in [1.29, 1.82) is 0 Å². The van der Waals surface area contributed by atoms with E-state index in [4.69, 9.17) is 22.1 Å². The minimum absolute atomic E-state index is 0.145. The Balaban J connectivity index is 2.48. The zero-order chi connectivity index (χ0) is 18.7. The molecule has 0 bridgehead atoms. The number of urea groups is 1. The fourth-order valence-corrected chi connectivity index (χ4v) is 2.27. The Morgan fingerprint density at radius 1 is 1.20 bits per heavy atom. The number of unbranched alkanes of at least 4 members (excludes halogenated alkanes) is 2. The molecule has 0 spiro atoms. The molecule has 0 aliphatic heterocycles. The number of nitrogens with one attached hydrogen (secondary N) is 2. The first-order valence-electron chi connectivity index (χ1n) is 8.16. The Morgan fingerprint density at radius 3 is 2.48 bits per heavy atom. The summed E-state index contributed by atoms with van der Waals surface area (Å²) in [6.07, 6.45) is 2.83. The van der Waals surface area contributed by atoms with E-state index >= 15 is 0 Å². The first-order chi connectivity index (χ1) is 11.9. The Bertz CT molecular complexity index is 578. The van der Waals surface area contributed by atoms with Gasteiger partial charge in [0.25, 0.3) is 5.91 Å². The summed E-state index contributed by atoms with van der Waals surface area (Å²) in [4.78, 5) is 34.7. The molecule has 1 rings (SSSR count). The molecule has 0 aliphatic carbocycles. The number of benzene rings is 1. The van der Waals surface area contributed by atoms with Gasteiger partial charge in [-0.1, -0.05) is 43.5 Å². The molecule has 1 aromatic rings. The molecule has 3 amide bonds. The van der Waals surface area contributed by atoms with E-state index < -0.39 is 18.0 Å². The smallest absolute Gasteiger partial charge is 0.312 e. The molecule has 0 aliphatic rings. The number of carbonyl (C=O) groups is 3. The lowest BCUT2D eigenvalue weighted by atomic mass is 10.0. The highest BCUT2D eigenvalue weighted by atomic mass is 35.5. The van der Waals surface area contributed by atoms with Gasteiger partial charge in [-0.05, 0) is 24.1 Å². The van der Waals surface area contributed by atoms with E-state index in [0.717, 1.165) is 19.3 Å². The van der Waals surface area contributed by atoms with Gasteiger partial charge in [0.05, 0.1) is 12.5 Å². The highest BCUT2D eigenvalue weighted by Crippen LogP contribution is 2.19. The van der Waals surface area contributed by atoms with E-state index in [9.17, 15) is 14.4 Å². The molecule has 0 unspecified atom stereocenters. The standard InChI is InChI=1S/C17H24ClN3O4/c1-2-3-4-9-20-15(22)11-25-16(23)10-14(21-17(19)24)12-5-7-13(18)8-6-12/h5-8,14H,2-4,9-11H2,1H3,(H,20,22)(H3,19,21,24)/t14-/m1/s1. The predicted octanol–water partition coefficient (Wildman–Crippen LogP) is 2.29. The number of rotatable bonds is 10. The SMILES string of the molecule is CCCCCNC(=O)COC(=O)C[C@@H](NC(N)=O)c1ccc(Cl)cc1. The lowest BCUT2D eigenvalue weighted by Gasteiger charge is -2.17. The van der Waals surface area contributed by atoms with Crippen LogP contribution in [0.15, 0.2) is 24.3 Å². The summed E-state index contributed by atoms with van der Waals surface area (Å²) in [5, 5.41) is 5.68. The average molecular weight is 370 g/mol. The van der Waals surface area contributed by atoms with Crippen molar-refractivity contribution < 1.29 is 19.1 Å². The molecular formula is C17H24ClN3O4. The maximum Gasteiger partial charge on any atom is 0.312 e. The van der Waals surface area contributed by atoms with Crippen molar-refractivity contribution in [3.63, 3.8) is 0 Å². The number of hydrogen-bond donors (Lipinski definition) is 3. The van der Waals surface area contributed by atoms with Crippen LogP contribution < -0.4 is 16.4 Å². The maximum absolute atomic E-state index is 11.9. The van der Waals surface area contributed by atoms with E-state index in [0.29, 0.717) is 17.1 Å². The quantitative estimate of drug-likeness (QED) is 0.434. The lowest BCUT2D eigenvalue weighted by molar-refractivity contribution is -0.149. The Labute approximate surface area is 152 Å². The Morgan fingerprint density at radius 2 is 1.88 bits per heavy atom. The molecule has 7 nitrogen and oxygen atoms in total. The third-order valence-corrected chi connectivity index (χ3v) is 3.68. The normalized spacial score (nSPS) is 11.4. The van der Waals surface area contributed by atoms with Crippen LogP contribution in [0.4, 0.5) is 4.79 Å². The van der Waals surface area contributed by atoms with Gasteiger partial charge < -0.3 is 21.1 Å². The summed E-state index contributed by atoms with van der Waals surface area (Å²) in [6, 6.07) is 5.22. The molecule has 0 saturated heterocycles. The molecule has 0 aromatic heterocycles. The number of ether oxygens (including phenoxy) is 1. The number of nitrogens with two attached hydrogens (primary N) is 1. The molecular weight excluding hydrogens is 346 g/mol. The van der Waals surface area contributed by atoms with Gasteiger partial charge in [-0.15, -0.1) is 0 Å². The van der Waals surface area contributed by atoms with Crippen molar-refractivity contribution >= 4 is 29.5 Å². The number of amides is 3. The van der Waals surface area contributed by atoms with Crippen molar-refractivity contribution in [2.24, 2.45) is 5.73 Å². The number of carbonyl (C=O) groups excluding carboxylic acids is 3. The van der Waals surface area contributed by atoms with E-state index in [1.54, 1.807) is 24.3 Å². The number of primary amides is 1. The second-order valence-electron chi connectivity index (χ2n) is 5.53. The van der Waals surface area contributed by atoms with Crippen LogP contribution in [0.2, 0.25) is 5.02 Å². The van der Waals surface area contributed by atoms with Crippen LogP contribution in [-0.2, 0) is 14.3 Å². The molecule has 1 atom stereocenters. The second kappa shape index (κ2) is 11.3. The zero-order valence-corrected chi connectivity index (χ0v) is 15.0. The van der Waals surface area contributed by atoms with Gasteiger partial charge in [0.2, 0.25) is 0 Å². The predicted molar refractivity (Wildman–Crippen MR) is 95.0 cm³/mol. The minimum Gasteiger partial charge on any atom is -0.456 e. The summed E-state index contributed by atoms with van der Waals surface area (Å²) in [7, 11) is 0. The average Bonchev–Trinajstić information content (AvgIpc) is 2.56. The van der Waals surface area contributed by atoms with Gasteiger partial charge in [0.1, 0.15) is 0 Å². The molecule has 138 valence electrons. The van der Waals surface area contributed by atoms with Crippen LogP contribution in [0.3, 0.4) is 0 Å². The summed E-state index contributed by atoms with van der Waals surface area (Å²) in [5.74, 6) is -0.965. The van der Waals surface area contributed by atoms with Crippen LogP contribution in [0, 0.1) is 0 Å². The zero-order valence-electron chi connectivity index (χ0n) is 14.2. The number of esters is 1. The monoisotopic (exact) mass is 369 g/mol. The van der Waals surface area contributed by atoms with Crippen LogP contribution in [0.25, 0.3) is 0 Å². The number of hydrogen-bond acceptors (Lipinski definition) is 4. The van der Waals surface area contributed by atoms with Gasteiger partial charge in [0.15, 0.2) is 6.61 Å². The van der Waals surface area contributed by atoms with Crippen molar-refractivity contribution in [2.75, 3.05) is 13.2 Å². The highest BCUT2D eigenvalue weighted by molar-refractivity contribution is 6.30. The molecule has 0 radical (unpaired) electrons. The summed E-state index contributed by atoms with van der Waals surface area (Å²) in [6.45, 7) is 2.27. The van der Waals surface area contributed by atoms with Crippen molar-refractivity contribution in [3.8, 4) is 0 Å². The molecule has 0 saturated carbocycles. The number of halogens is 1. The minimum atomic E-state index is -0.763. The third-order valence-electron chi connectivity index (χ3n) is 3.43. The van der Waals surface area contributed by atoms with E-state index in [2.05, 4.69) is 17.6 Å². The van der Waals surface area contributed by atoms with Gasteiger partial charge in [-0.2, -0.15) is 0 Å². The second-order valence-corrected chi connectivity index (χ2v) is 5.97. The molecule has 4 N–H and O–H groups in total.